The average molecular weight is 501 g/mol. The van der Waals surface area contributed by atoms with Crippen molar-refractivity contribution in [2.24, 2.45) is 5.10 Å². The van der Waals surface area contributed by atoms with E-state index in [0.717, 1.165) is 32.1 Å². The van der Waals surface area contributed by atoms with Gasteiger partial charge in [-0.25, -0.2) is 9.37 Å². The lowest BCUT2D eigenvalue weighted by Gasteiger charge is -2.22. The van der Waals surface area contributed by atoms with E-state index in [4.69, 9.17) is 9.72 Å². The Morgan fingerprint density at radius 1 is 1.08 bits per heavy atom. The normalized spacial score (nSPS) is 14.3. The average Bonchev–Trinajstić information content (AvgIpc) is 2.93. The summed E-state index contributed by atoms with van der Waals surface area (Å²) >= 11 is 0. The first-order chi connectivity index (χ1) is 18.0. The van der Waals surface area contributed by atoms with Gasteiger partial charge < -0.3 is 4.74 Å². The summed E-state index contributed by atoms with van der Waals surface area (Å²) in [7, 11) is 0. The maximum absolute atomic E-state index is 13.3. The maximum atomic E-state index is 13.3. The molecule has 1 heterocycles. The van der Waals surface area contributed by atoms with E-state index in [1.54, 1.807) is 30.3 Å². The van der Waals surface area contributed by atoms with Crippen LogP contribution in [0.2, 0.25) is 0 Å². The fourth-order valence-corrected chi connectivity index (χ4v) is 4.62. The van der Waals surface area contributed by atoms with Gasteiger partial charge in [0.05, 0.1) is 22.0 Å². The quantitative estimate of drug-likeness (QED) is 0.177. The van der Waals surface area contributed by atoms with Gasteiger partial charge in [0.25, 0.3) is 5.56 Å². The number of nitrogens with zero attached hydrogens (tertiary/aromatic N) is 4. The SMILES string of the molecule is O=c1c2ccccc2nc(C2CCCCC2)n1N=Cc1ccc(OCc2ccc(F)cc2)c([N+](=O)[O-])c1. The predicted molar refractivity (Wildman–Crippen MR) is 139 cm³/mol. The highest BCUT2D eigenvalue weighted by atomic mass is 19.1. The standard InChI is InChI=1S/C28H25FN4O4/c29-22-13-10-19(11-14-22)18-37-26-15-12-20(16-25(26)33(35)36)17-30-32-27(21-6-2-1-3-7-21)31-24-9-5-4-8-23(24)28(32)34/h4-5,8-17,21H,1-3,6-7,18H2. The molecule has 0 atom stereocenters. The molecule has 9 heteroatoms. The molecule has 1 saturated carbocycles. The van der Waals surface area contributed by atoms with Gasteiger partial charge in [-0.15, -0.1) is 0 Å². The second kappa shape index (κ2) is 10.7. The summed E-state index contributed by atoms with van der Waals surface area (Å²) in [6, 6.07) is 17.4. The van der Waals surface area contributed by atoms with Crippen molar-refractivity contribution in [2.75, 3.05) is 0 Å². The number of nitro benzene ring substituents is 1. The molecule has 8 nitrogen and oxygen atoms in total. The molecule has 37 heavy (non-hydrogen) atoms. The lowest BCUT2D eigenvalue weighted by Crippen LogP contribution is -2.25. The third-order valence-electron chi connectivity index (χ3n) is 6.56. The van der Waals surface area contributed by atoms with E-state index in [0.29, 0.717) is 27.9 Å². The summed E-state index contributed by atoms with van der Waals surface area (Å²) in [5, 5.41) is 16.6. The second-order valence-electron chi connectivity index (χ2n) is 9.08. The molecule has 4 aromatic rings. The summed E-state index contributed by atoms with van der Waals surface area (Å²) in [6.45, 7) is 0.0530. The third kappa shape index (κ3) is 5.40. The van der Waals surface area contributed by atoms with Crippen molar-refractivity contribution >= 4 is 22.8 Å². The topological polar surface area (TPSA) is 99.6 Å². The Morgan fingerprint density at radius 2 is 1.84 bits per heavy atom. The van der Waals surface area contributed by atoms with Crippen molar-refractivity contribution in [3.63, 3.8) is 0 Å². The van der Waals surface area contributed by atoms with Gasteiger partial charge in [0.1, 0.15) is 18.2 Å². The molecule has 3 aromatic carbocycles. The molecule has 1 fully saturated rings. The Balaban J connectivity index is 1.47. The van der Waals surface area contributed by atoms with Crippen molar-refractivity contribution in [2.45, 2.75) is 44.6 Å². The highest BCUT2D eigenvalue weighted by Gasteiger charge is 2.22. The van der Waals surface area contributed by atoms with E-state index >= 15 is 0 Å². The number of nitro groups is 1. The molecule has 0 unspecified atom stereocenters. The number of aromatic nitrogens is 2. The van der Waals surface area contributed by atoms with Gasteiger partial charge in [-0.05, 0) is 54.8 Å². The number of ether oxygens (including phenoxy) is 1. The number of rotatable bonds is 7. The van der Waals surface area contributed by atoms with Gasteiger partial charge in [-0.3, -0.25) is 14.9 Å². The number of hydrogen-bond acceptors (Lipinski definition) is 6. The Bertz CT molecular complexity index is 1530. The van der Waals surface area contributed by atoms with Gasteiger partial charge in [0.2, 0.25) is 0 Å². The van der Waals surface area contributed by atoms with Crippen LogP contribution in [0, 0.1) is 15.9 Å². The number of benzene rings is 3. The van der Waals surface area contributed by atoms with Gasteiger partial charge in [-0.1, -0.05) is 43.5 Å². The zero-order chi connectivity index (χ0) is 25.8. The molecule has 5 rings (SSSR count). The van der Waals surface area contributed by atoms with Gasteiger partial charge in [-0.2, -0.15) is 9.78 Å². The first-order valence-electron chi connectivity index (χ1n) is 12.2. The number of hydrogen-bond donors (Lipinski definition) is 0. The highest BCUT2D eigenvalue weighted by Crippen LogP contribution is 2.32. The molecule has 188 valence electrons. The second-order valence-corrected chi connectivity index (χ2v) is 9.08. The summed E-state index contributed by atoms with van der Waals surface area (Å²) < 4.78 is 20.1. The number of halogens is 1. The van der Waals surface area contributed by atoms with Crippen LogP contribution in [0.4, 0.5) is 10.1 Å². The lowest BCUT2D eigenvalue weighted by molar-refractivity contribution is -0.385. The van der Waals surface area contributed by atoms with Crippen LogP contribution in [0.15, 0.2) is 76.6 Å². The minimum atomic E-state index is -0.533. The molecule has 0 bridgehead atoms. The molecule has 0 N–H and O–H groups in total. The van der Waals surface area contributed by atoms with Gasteiger partial charge in [0, 0.05) is 17.5 Å². The molecule has 1 aliphatic carbocycles. The smallest absolute Gasteiger partial charge is 0.311 e. The van der Waals surface area contributed by atoms with E-state index in [2.05, 4.69) is 5.10 Å². The van der Waals surface area contributed by atoms with E-state index in [1.165, 1.54) is 35.2 Å². The molecule has 0 amide bonds. The molecular formula is C28H25FN4O4. The van der Waals surface area contributed by atoms with Crippen LogP contribution in [-0.4, -0.2) is 20.8 Å². The lowest BCUT2D eigenvalue weighted by atomic mass is 9.88. The molecule has 0 saturated heterocycles. The minimum absolute atomic E-state index is 0.0530. The van der Waals surface area contributed by atoms with Crippen molar-refractivity contribution in [3.05, 3.63) is 110 Å². The fourth-order valence-electron chi connectivity index (χ4n) is 4.62. The van der Waals surface area contributed by atoms with Crippen LogP contribution < -0.4 is 10.3 Å². The molecule has 1 aliphatic rings. The van der Waals surface area contributed by atoms with Crippen molar-refractivity contribution in [1.29, 1.82) is 0 Å². The largest absolute Gasteiger partial charge is 0.482 e. The Kier molecular flexibility index (Phi) is 7.02. The van der Waals surface area contributed by atoms with Crippen LogP contribution in [0.1, 0.15) is 55.0 Å². The van der Waals surface area contributed by atoms with E-state index < -0.39 is 4.92 Å². The van der Waals surface area contributed by atoms with Crippen molar-refractivity contribution < 1.29 is 14.1 Å². The zero-order valence-corrected chi connectivity index (χ0v) is 20.0. The third-order valence-corrected chi connectivity index (χ3v) is 6.56. The summed E-state index contributed by atoms with van der Waals surface area (Å²) in [4.78, 5) is 29.3. The molecule has 0 spiro atoms. The van der Waals surface area contributed by atoms with Gasteiger partial charge in [0.15, 0.2) is 5.75 Å². The van der Waals surface area contributed by atoms with Crippen molar-refractivity contribution in [3.8, 4) is 5.75 Å². The van der Waals surface area contributed by atoms with Gasteiger partial charge >= 0.3 is 5.69 Å². The Labute approximate surface area is 212 Å². The van der Waals surface area contributed by atoms with Crippen LogP contribution in [0.5, 0.6) is 5.75 Å². The zero-order valence-electron chi connectivity index (χ0n) is 20.0. The summed E-state index contributed by atoms with van der Waals surface area (Å²) in [5.74, 6) is 0.456. The van der Waals surface area contributed by atoms with Crippen LogP contribution in [-0.2, 0) is 6.61 Å². The first kappa shape index (κ1) is 24.3. The van der Waals surface area contributed by atoms with E-state index in [9.17, 15) is 19.3 Å². The molecule has 1 aromatic heterocycles. The van der Waals surface area contributed by atoms with Crippen molar-refractivity contribution in [1.82, 2.24) is 9.66 Å². The van der Waals surface area contributed by atoms with Crippen LogP contribution in [0.3, 0.4) is 0 Å². The molecular weight excluding hydrogens is 475 g/mol. The van der Waals surface area contributed by atoms with Crippen LogP contribution >= 0.6 is 0 Å². The minimum Gasteiger partial charge on any atom is -0.482 e. The Hall–Kier alpha value is -4.40. The predicted octanol–water partition coefficient (Wildman–Crippen LogP) is 5.95. The molecule has 0 aliphatic heterocycles. The monoisotopic (exact) mass is 500 g/mol. The fraction of sp³-hybridized carbons (Fsp3) is 0.250. The van der Waals surface area contributed by atoms with E-state index in [1.807, 2.05) is 12.1 Å². The Morgan fingerprint density at radius 3 is 2.59 bits per heavy atom. The maximum Gasteiger partial charge on any atom is 0.311 e. The first-order valence-corrected chi connectivity index (χ1v) is 12.2. The van der Waals surface area contributed by atoms with E-state index in [-0.39, 0.29) is 35.3 Å². The highest BCUT2D eigenvalue weighted by molar-refractivity contribution is 5.82. The summed E-state index contributed by atoms with van der Waals surface area (Å²) in [5.41, 5.74) is 1.26. The number of para-hydroxylation sites is 1. The van der Waals surface area contributed by atoms with Crippen LogP contribution in [0.25, 0.3) is 10.9 Å². The number of fused-ring (bicyclic) bond motifs is 1. The summed E-state index contributed by atoms with van der Waals surface area (Å²) in [6.07, 6.45) is 6.61. The molecule has 0 radical (unpaired) electrons.